The van der Waals surface area contributed by atoms with Crippen LogP contribution in [0.2, 0.25) is 0 Å². The zero-order chi connectivity index (χ0) is 12.3. The Morgan fingerprint density at radius 1 is 1.41 bits per heavy atom. The van der Waals surface area contributed by atoms with Gasteiger partial charge in [0.15, 0.2) is 5.94 Å². The molecule has 6 nitrogen and oxygen atoms in total. The van der Waals surface area contributed by atoms with Crippen LogP contribution in [0, 0.1) is 0 Å². The van der Waals surface area contributed by atoms with Crippen LogP contribution in [0.3, 0.4) is 0 Å². The molecule has 1 heterocycles. The third kappa shape index (κ3) is 4.22. The molecule has 1 atom stereocenters. The van der Waals surface area contributed by atoms with Crippen molar-refractivity contribution in [3.05, 3.63) is 24.3 Å². The zero-order valence-electron chi connectivity index (χ0n) is 9.00. The fourth-order valence-electron chi connectivity index (χ4n) is 1.19. The molecule has 1 aromatic rings. The molecule has 0 bridgehead atoms. The van der Waals surface area contributed by atoms with Crippen molar-refractivity contribution >= 4 is 15.7 Å². The second-order valence-electron chi connectivity index (χ2n) is 3.71. The van der Waals surface area contributed by atoms with E-state index < -0.39 is 16.0 Å². The lowest BCUT2D eigenvalue weighted by Crippen LogP contribution is -2.20. The molecular formula is C10H13NO5S. The van der Waals surface area contributed by atoms with Gasteiger partial charge in [0.25, 0.3) is 10.0 Å². The van der Waals surface area contributed by atoms with Crippen LogP contribution >= 0.6 is 0 Å². The van der Waals surface area contributed by atoms with E-state index >= 15 is 0 Å². The number of aromatic hydroxyl groups is 1. The van der Waals surface area contributed by atoms with Gasteiger partial charge >= 0.3 is 0 Å². The fraction of sp³-hybridized carbons (Fsp3) is 0.400. The molecule has 0 aromatic heterocycles. The largest absolute Gasteiger partial charge is 0.508 e. The van der Waals surface area contributed by atoms with E-state index in [-0.39, 0.29) is 18.5 Å². The van der Waals surface area contributed by atoms with Crippen LogP contribution < -0.4 is 4.72 Å². The molecular weight excluding hydrogens is 246 g/mol. The minimum atomic E-state index is -3.52. The molecule has 0 saturated carbocycles. The second kappa shape index (κ2) is 4.91. The first-order valence-electron chi connectivity index (χ1n) is 5.04. The van der Waals surface area contributed by atoms with Crippen molar-refractivity contribution in [2.75, 3.05) is 23.9 Å². The van der Waals surface area contributed by atoms with Crippen molar-refractivity contribution in [3.8, 4) is 5.75 Å². The molecule has 0 spiro atoms. The Morgan fingerprint density at radius 2 is 2.06 bits per heavy atom. The van der Waals surface area contributed by atoms with Crippen molar-refractivity contribution in [1.29, 1.82) is 0 Å². The van der Waals surface area contributed by atoms with Crippen molar-refractivity contribution in [1.82, 2.24) is 0 Å². The highest BCUT2D eigenvalue weighted by Crippen LogP contribution is 2.15. The molecule has 1 saturated heterocycles. The van der Waals surface area contributed by atoms with Gasteiger partial charge in [0, 0.05) is 5.69 Å². The highest BCUT2D eigenvalue weighted by molar-refractivity contribution is 7.92. The Bertz CT molecular complexity index is 466. The molecule has 1 aliphatic rings. The molecule has 2 N–H and O–H groups in total. The maximum Gasteiger partial charge on any atom is 0.257 e. The van der Waals surface area contributed by atoms with E-state index in [9.17, 15) is 8.42 Å². The summed E-state index contributed by atoms with van der Waals surface area (Å²) in [7, 11) is -3.52. The lowest BCUT2D eigenvalue weighted by atomic mass is 10.3. The third-order valence-corrected chi connectivity index (χ3v) is 3.11. The quantitative estimate of drug-likeness (QED) is 0.574. The van der Waals surface area contributed by atoms with Gasteiger partial charge in [-0.1, -0.05) is 0 Å². The van der Waals surface area contributed by atoms with E-state index in [1.165, 1.54) is 24.3 Å². The summed E-state index contributed by atoms with van der Waals surface area (Å²) in [5.74, 6) is -0.330. The van der Waals surface area contributed by atoms with Crippen LogP contribution in [0.15, 0.2) is 24.3 Å². The fourth-order valence-corrected chi connectivity index (χ4v) is 2.06. The van der Waals surface area contributed by atoms with Crippen LogP contribution in [0.4, 0.5) is 5.69 Å². The minimum Gasteiger partial charge on any atom is -0.508 e. The summed E-state index contributed by atoms with van der Waals surface area (Å²) in [6, 6.07) is 5.74. The van der Waals surface area contributed by atoms with Crippen LogP contribution in [0.5, 0.6) is 5.75 Å². The number of anilines is 1. The minimum absolute atomic E-state index is 0.0406. The number of epoxide rings is 1. The van der Waals surface area contributed by atoms with E-state index in [1.807, 2.05) is 0 Å². The SMILES string of the molecule is O=S(=O)(COCC1CO1)Nc1ccc(O)cc1. The normalized spacial score (nSPS) is 18.9. The molecule has 0 amide bonds. The predicted molar refractivity (Wildman–Crippen MR) is 61.2 cm³/mol. The zero-order valence-corrected chi connectivity index (χ0v) is 9.81. The second-order valence-corrected chi connectivity index (χ2v) is 5.38. The van der Waals surface area contributed by atoms with Crippen molar-refractivity contribution in [2.24, 2.45) is 0 Å². The number of phenols is 1. The summed E-state index contributed by atoms with van der Waals surface area (Å²) in [5, 5.41) is 9.05. The number of benzene rings is 1. The topological polar surface area (TPSA) is 88.2 Å². The summed E-state index contributed by atoms with van der Waals surface area (Å²) in [6.45, 7) is 0.919. The average Bonchev–Trinajstić information content (AvgIpc) is 3.05. The smallest absolute Gasteiger partial charge is 0.257 e. The molecule has 1 fully saturated rings. The highest BCUT2D eigenvalue weighted by atomic mass is 32.2. The van der Waals surface area contributed by atoms with Crippen molar-refractivity contribution < 1.29 is 23.0 Å². The number of hydrogen-bond acceptors (Lipinski definition) is 5. The van der Waals surface area contributed by atoms with Gasteiger partial charge in [-0.05, 0) is 24.3 Å². The number of rotatable bonds is 6. The molecule has 7 heteroatoms. The Hall–Kier alpha value is -1.31. The Labute approximate surface area is 99.2 Å². The van der Waals surface area contributed by atoms with Crippen LogP contribution in [0.1, 0.15) is 0 Å². The van der Waals surface area contributed by atoms with Gasteiger partial charge < -0.3 is 14.6 Å². The molecule has 1 aliphatic heterocycles. The van der Waals surface area contributed by atoms with Crippen molar-refractivity contribution in [2.45, 2.75) is 6.10 Å². The van der Waals surface area contributed by atoms with Gasteiger partial charge in [0.2, 0.25) is 0 Å². The predicted octanol–water partition coefficient (Wildman–Crippen LogP) is 0.507. The summed E-state index contributed by atoms with van der Waals surface area (Å²) in [4.78, 5) is 0. The number of nitrogens with one attached hydrogen (secondary N) is 1. The first-order chi connectivity index (χ1) is 8.05. The maximum atomic E-state index is 11.5. The summed E-state index contributed by atoms with van der Waals surface area (Å²) >= 11 is 0. The maximum absolute atomic E-state index is 11.5. The monoisotopic (exact) mass is 259 g/mol. The molecule has 0 radical (unpaired) electrons. The summed E-state index contributed by atoms with van der Waals surface area (Å²) < 4.78 is 35.3. The number of sulfonamides is 1. The van der Waals surface area contributed by atoms with Crippen molar-refractivity contribution in [3.63, 3.8) is 0 Å². The van der Waals surface area contributed by atoms with E-state index in [0.717, 1.165) is 0 Å². The highest BCUT2D eigenvalue weighted by Gasteiger charge is 2.23. The molecule has 1 unspecified atom stereocenters. The first-order valence-corrected chi connectivity index (χ1v) is 6.69. The van der Waals surface area contributed by atoms with Crippen LogP contribution in [-0.2, 0) is 19.5 Å². The van der Waals surface area contributed by atoms with Crippen LogP contribution in [0.25, 0.3) is 0 Å². The standard InChI is InChI=1S/C10H13NO5S/c12-9-3-1-8(2-4-9)11-17(13,14)7-15-5-10-6-16-10/h1-4,10-12H,5-7H2. The van der Waals surface area contributed by atoms with E-state index in [2.05, 4.69) is 4.72 Å². The van der Waals surface area contributed by atoms with E-state index in [0.29, 0.717) is 12.3 Å². The third-order valence-electron chi connectivity index (χ3n) is 2.09. The lowest BCUT2D eigenvalue weighted by Gasteiger charge is -2.08. The van der Waals surface area contributed by atoms with E-state index in [4.69, 9.17) is 14.6 Å². The van der Waals surface area contributed by atoms with Gasteiger partial charge in [-0.2, -0.15) is 0 Å². The number of ether oxygens (including phenoxy) is 2. The Morgan fingerprint density at radius 3 is 2.65 bits per heavy atom. The number of hydrogen-bond donors (Lipinski definition) is 2. The number of phenolic OH excluding ortho intramolecular Hbond substituents is 1. The van der Waals surface area contributed by atoms with Gasteiger partial charge in [-0.25, -0.2) is 8.42 Å². The van der Waals surface area contributed by atoms with Gasteiger partial charge in [-0.15, -0.1) is 0 Å². The van der Waals surface area contributed by atoms with Crippen LogP contribution in [-0.4, -0.2) is 38.8 Å². The summed E-state index contributed by atoms with van der Waals surface area (Å²) in [6.07, 6.45) is 0.0406. The Balaban J connectivity index is 1.84. The molecule has 94 valence electrons. The van der Waals surface area contributed by atoms with Gasteiger partial charge in [0.05, 0.1) is 13.2 Å². The lowest BCUT2D eigenvalue weighted by molar-refractivity contribution is 0.153. The molecule has 0 aliphatic carbocycles. The molecule has 17 heavy (non-hydrogen) atoms. The molecule has 2 rings (SSSR count). The Kier molecular flexibility index (Phi) is 3.51. The van der Waals surface area contributed by atoms with E-state index in [1.54, 1.807) is 0 Å². The van der Waals surface area contributed by atoms with Gasteiger partial charge in [0.1, 0.15) is 11.9 Å². The molecule has 1 aromatic carbocycles. The summed E-state index contributed by atoms with van der Waals surface area (Å²) in [5.41, 5.74) is 0.383. The average molecular weight is 259 g/mol. The van der Waals surface area contributed by atoms with Gasteiger partial charge in [-0.3, -0.25) is 4.72 Å². The first kappa shape index (κ1) is 12.2.